The van der Waals surface area contributed by atoms with Gasteiger partial charge in [0.1, 0.15) is 11.2 Å². The van der Waals surface area contributed by atoms with E-state index in [9.17, 15) is 0 Å². The van der Waals surface area contributed by atoms with Crippen LogP contribution in [0.2, 0.25) is 5.02 Å². The molecule has 0 atom stereocenters. The molecule has 0 saturated carbocycles. The number of nitrogens with zero attached hydrogens (tertiary/aromatic N) is 3. The molecule has 5 heteroatoms. The van der Waals surface area contributed by atoms with Crippen LogP contribution in [0, 0.1) is 0 Å². The molecule has 10 aromatic rings. The molecule has 0 aliphatic rings. The van der Waals surface area contributed by atoms with Gasteiger partial charge in [0.05, 0.1) is 0 Å². The van der Waals surface area contributed by atoms with E-state index in [2.05, 4.69) is 121 Å². The summed E-state index contributed by atoms with van der Waals surface area (Å²) in [5, 5.41) is 9.66. The van der Waals surface area contributed by atoms with Gasteiger partial charge in [0.15, 0.2) is 17.5 Å². The Morgan fingerprint density at radius 2 is 0.920 bits per heavy atom. The zero-order valence-corrected chi connectivity index (χ0v) is 27.4. The minimum atomic E-state index is 0.574. The number of fused-ring (bicyclic) bond motifs is 8. The van der Waals surface area contributed by atoms with Gasteiger partial charge in [0.2, 0.25) is 0 Å². The third-order valence-corrected chi connectivity index (χ3v) is 9.80. The molecule has 0 fully saturated rings. The first-order valence-corrected chi connectivity index (χ1v) is 16.9. The number of aromatic nitrogens is 3. The van der Waals surface area contributed by atoms with E-state index in [4.69, 9.17) is 31.0 Å². The maximum absolute atomic E-state index is 6.42. The molecule has 0 aliphatic heterocycles. The molecule has 4 nitrogen and oxygen atoms in total. The van der Waals surface area contributed by atoms with Crippen molar-refractivity contribution in [3.05, 3.63) is 163 Å². The summed E-state index contributed by atoms with van der Waals surface area (Å²) in [7, 11) is 0. The van der Waals surface area contributed by atoms with E-state index in [0.29, 0.717) is 22.5 Å². The van der Waals surface area contributed by atoms with E-state index in [1.54, 1.807) is 0 Å². The lowest BCUT2D eigenvalue weighted by molar-refractivity contribution is 0.669. The summed E-state index contributed by atoms with van der Waals surface area (Å²) in [6.45, 7) is 0. The average Bonchev–Trinajstić information content (AvgIpc) is 3.56. The summed E-state index contributed by atoms with van der Waals surface area (Å²) in [4.78, 5) is 15.2. The van der Waals surface area contributed by atoms with Crippen LogP contribution in [0.25, 0.3) is 99.5 Å². The number of furan rings is 1. The monoisotopic (exact) mass is 659 g/mol. The Morgan fingerprint density at radius 3 is 1.74 bits per heavy atom. The van der Waals surface area contributed by atoms with E-state index in [1.807, 2.05) is 36.4 Å². The minimum absolute atomic E-state index is 0.574. The van der Waals surface area contributed by atoms with Gasteiger partial charge in [-0.2, -0.15) is 0 Å². The summed E-state index contributed by atoms with van der Waals surface area (Å²) in [6.07, 6.45) is 0. The number of benzene rings is 8. The zero-order chi connectivity index (χ0) is 33.2. The van der Waals surface area contributed by atoms with Crippen LogP contribution in [0.15, 0.2) is 162 Å². The molecule has 0 N–H and O–H groups in total. The zero-order valence-electron chi connectivity index (χ0n) is 26.6. The average molecular weight is 660 g/mol. The molecule has 2 aromatic heterocycles. The first kappa shape index (κ1) is 28.6. The molecular formula is C45H26ClN3O. The third kappa shape index (κ3) is 4.80. The van der Waals surface area contributed by atoms with Crippen LogP contribution in [0.5, 0.6) is 0 Å². The molecule has 0 spiro atoms. The van der Waals surface area contributed by atoms with Crippen molar-refractivity contribution in [3.8, 4) is 45.3 Å². The molecule has 0 saturated heterocycles. The van der Waals surface area contributed by atoms with Crippen LogP contribution in [0.4, 0.5) is 0 Å². The van der Waals surface area contributed by atoms with Crippen molar-refractivity contribution < 1.29 is 4.42 Å². The Labute approximate surface area is 292 Å². The molecule has 0 radical (unpaired) electrons. The van der Waals surface area contributed by atoms with E-state index in [0.717, 1.165) is 65.9 Å². The highest BCUT2D eigenvalue weighted by Crippen LogP contribution is 2.38. The Balaban J connectivity index is 1.15. The van der Waals surface area contributed by atoms with E-state index < -0.39 is 0 Å². The molecule has 234 valence electrons. The maximum Gasteiger partial charge on any atom is 0.164 e. The number of hydrogen-bond acceptors (Lipinski definition) is 4. The summed E-state index contributed by atoms with van der Waals surface area (Å²) >= 11 is 6.42. The van der Waals surface area contributed by atoms with Gasteiger partial charge in [-0.05, 0) is 79.8 Å². The highest BCUT2D eigenvalue weighted by Gasteiger charge is 2.17. The Bertz CT molecular complexity index is 2930. The number of rotatable bonds is 4. The van der Waals surface area contributed by atoms with Crippen molar-refractivity contribution in [2.45, 2.75) is 0 Å². The Hall–Kier alpha value is -6.36. The largest absolute Gasteiger partial charge is 0.456 e. The van der Waals surface area contributed by atoms with Gasteiger partial charge in [-0.25, -0.2) is 15.0 Å². The molecule has 8 aromatic carbocycles. The molecule has 0 amide bonds. The van der Waals surface area contributed by atoms with Crippen molar-refractivity contribution >= 4 is 65.9 Å². The molecule has 50 heavy (non-hydrogen) atoms. The summed E-state index contributed by atoms with van der Waals surface area (Å²) in [5.74, 6) is 1.79. The first-order chi connectivity index (χ1) is 24.6. The Morgan fingerprint density at radius 1 is 0.360 bits per heavy atom. The first-order valence-electron chi connectivity index (χ1n) is 16.5. The highest BCUT2D eigenvalue weighted by molar-refractivity contribution is 6.32. The molecule has 2 heterocycles. The van der Waals surface area contributed by atoms with Crippen LogP contribution in [0.3, 0.4) is 0 Å². The van der Waals surface area contributed by atoms with Gasteiger partial charge in [-0.1, -0.05) is 133 Å². The van der Waals surface area contributed by atoms with Crippen LogP contribution in [-0.4, -0.2) is 15.0 Å². The predicted molar refractivity (Wildman–Crippen MR) is 206 cm³/mol. The fraction of sp³-hybridized carbons (Fsp3) is 0. The van der Waals surface area contributed by atoms with Crippen LogP contribution >= 0.6 is 11.6 Å². The Kier molecular flexibility index (Phi) is 6.51. The summed E-state index contributed by atoms with van der Waals surface area (Å²) in [5.41, 5.74) is 6.55. The van der Waals surface area contributed by atoms with Crippen molar-refractivity contribution in [2.75, 3.05) is 0 Å². The van der Waals surface area contributed by atoms with Crippen molar-refractivity contribution in [1.82, 2.24) is 15.0 Å². The molecule has 0 aliphatic carbocycles. The van der Waals surface area contributed by atoms with Crippen LogP contribution in [-0.2, 0) is 0 Å². The lowest BCUT2D eigenvalue weighted by atomic mass is 9.99. The van der Waals surface area contributed by atoms with Gasteiger partial charge in [-0.15, -0.1) is 0 Å². The van der Waals surface area contributed by atoms with Gasteiger partial charge in [0.25, 0.3) is 0 Å². The smallest absolute Gasteiger partial charge is 0.164 e. The minimum Gasteiger partial charge on any atom is -0.456 e. The van der Waals surface area contributed by atoms with E-state index >= 15 is 0 Å². The van der Waals surface area contributed by atoms with Crippen molar-refractivity contribution in [2.24, 2.45) is 0 Å². The van der Waals surface area contributed by atoms with Gasteiger partial charge in [0, 0.05) is 32.5 Å². The van der Waals surface area contributed by atoms with E-state index in [1.165, 1.54) is 16.2 Å². The predicted octanol–water partition coefficient (Wildman–Crippen LogP) is 12.6. The second-order valence-electron chi connectivity index (χ2n) is 12.6. The molecule has 10 rings (SSSR count). The van der Waals surface area contributed by atoms with Gasteiger partial charge < -0.3 is 4.42 Å². The van der Waals surface area contributed by atoms with Crippen LogP contribution < -0.4 is 0 Å². The van der Waals surface area contributed by atoms with Crippen molar-refractivity contribution in [3.63, 3.8) is 0 Å². The lowest BCUT2D eigenvalue weighted by Gasteiger charge is -2.10. The summed E-state index contributed by atoms with van der Waals surface area (Å²) in [6, 6.07) is 54.2. The fourth-order valence-corrected chi connectivity index (χ4v) is 7.22. The fourth-order valence-electron chi connectivity index (χ4n) is 7.05. The van der Waals surface area contributed by atoms with Gasteiger partial charge >= 0.3 is 0 Å². The number of halogens is 1. The second kappa shape index (κ2) is 11.4. The van der Waals surface area contributed by atoms with Gasteiger partial charge in [-0.3, -0.25) is 0 Å². The number of hydrogen-bond donors (Lipinski definition) is 0. The quantitative estimate of drug-likeness (QED) is 0.176. The maximum atomic E-state index is 6.42. The molecule has 0 bridgehead atoms. The summed E-state index contributed by atoms with van der Waals surface area (Å²) < 4.78 is 6.42. The molecule has 0 unspecified atom stereocenters. The standard InChI is InChI=1S/C45H26ClN3O/c46-35-21-18-31-20-23-40-42(39(31)26-35)37-22-19-34(25-41(37)50-40)45-48-43(32-15-10-28(11-16-32)27-6-2-1-3-7-27)47-44(49-45)33-17-14-30-13-12-29-8-4-5-9-36(29)38(30)24-33/h1-26H. The normalized spacial score (nSPS) is 11.7. The van der Waals surface area contributed by atoms with Crippen molar-refractivity contribution in [1.29, 1.82) is 0 Å². The highest BCUT2D eigenvalue weighted by atomic mass is 35.5. The van der Waals surface area contributed by atoms with Crippen LogP contribution in [0.1, 0.15) is 0 Å². The topological polar surface area (TPSA) is 51.8 Å². The molecular weight excluding hydrogens is 634 g/mol. The SMILES string of the molecule is Clc1ccc2ccc3oc4cc(-c5nc(-c6ccc(-c7ccccc7)cc6)nc(-c6ccc7ccc8ccccc8c7c6)n5)ccc4c3c2c1. The third-order valence-electron chi connectivity index (χ3n) is 9.56. The van der Waals surface area contributed by atoms with E-state index in [-0.39, 0.29) is 0 Å². The second-order valence-corrected chi connectivity index (χ2v) is 13.0. The lowest BCUT2D eigenvalue weighted by Crippen LogP contribution is -2.00.